The van der Waals surface area contributed by atoms with Crippen LogP contribution in [0.25, 0.3) is 0 Å². The number of hydrogen-bond donors (Lipinski definition) is 1. The molecule has 0 spiro atoms. The average molecular weight is 336 g/mol. The van der Waals surface area contributed by atoms with E-state index in [-0.39, 0.29) is 18.1 Å². The molecule has 0 aliphatic carbocycles. The predicted molar refractivity (Wildman–Crippen MR) is 87.9 cm³/mol. The summed E-state index contributed by atoms with van der Waals surface area (Å²) in [7, 11) is 0. The number of hydrogen-bond acceptors (Lipinski definition) is 4. The van der Waals surface area contributed by atoms with E-state index >= 15 is 0 Å². The van der Waals surface area contributed by atoms with Crippen LogP contribution in [0.2, 0.25) is 5.02 Å². The molecular weight excluding hydrogens is 318 g/mol. The van der Waals surface area contributed by atoms with Crippen molar-refractivity contribution in [1.29, 1.82) is 0 Å². The molecule has 0 aliphatic rings. The van der Waals surface area contributed by atoms with Crippen molar-refractivity contribution in [3.05, 3.63) is 63.2 Å². The highest BCUT2D eigenvalue weighted by Gasteiger charge is 2.12. The van der Waals surface area contributed by atoms with E-state index in [9.17, 15) is 9.59 Å². The van der Waals surface area contributed by atoms with Gasteiger partial charge in [-0.05, 0) is 23.6 Å². The summed E-state index contributed by atoms with van der Waals surface area (Å²) in [6.07, 6.45) is 1.16. The zero-order valence-electron chi connectivity index (χ0n) is 13.0. The molecule has 1 aromatic carbocycles. The first-order valence-corrected chi connectivity index (χ1v) is 7.62. The molecule has 5 nitrogen and oxygen atoms in total. The van der Waals surface area contributed by atoms with E-state index in [1.165, 1.54) is 0 Å². The number of halogens is 1. The van der Waals surface area contributed by atoms with Crippen molar-refractivity contribution < 1.29 is 13.9 Å². The minimum atomic E-state index is -0.417. The van der Waals surface area contributed by atoms with Crippen molar-refractivity contribution in [2.45, 2.75) is 20.5 Å². The topological polar surface area (TPSA) is 68.5 Å². The zero-order valence-corrected chi connectivity index (χ0v) is 13.7. The molecule has 1 aromatic heterocycles. The number of nitrogens with one attached hydrogen (secondary N) is 1. The number of ether oxygens (including phenoxy) is 1. The summed E-state index contributed by atoms with van der Waals surface area (Å²) in [5.41, 5.74) is 0.465. The number of amides is 1. The van der Waals surface area contributed by atoms with Crippen LogP contribution < -0.4 is 15.5 Å². The molecule has 122 valence electrons. The Kier molecular flexibility index (Phi) is 5.82. The van der Waals surface area contributed by atoms with E-state index in [1.807, 2.05) is 13.8 Å². The summed E-state index contributed by atoms with van der Waals surface area (Å²) in [5, 5.41) is 3.31. The van der Waals surface area contributed by atoms with Gasteiger partial charge in [0.1, 0.15) is 12.9 Å². The molecule has 1 heterocycles. The van der Waals surface area contributed by atoms with Gasteiger partial charge >= 0.3 is 0 Å². The molecule has 6 heteroatoms. The van der Waals surface area contributed by atoms with E-state index in [4.69, 9.17) is 20.8 Å². The largest absolute Gasteiger partial charge is 0.482 e. The van der Waals surface area contributed by atoms with Gasteiger partial charge in [0.05, 0.1) is 0 Å². The summed E-state index contributed by atoms with van der Waals surface area (Å²) in [6.45, 7) is 4.67. The highest BCUT2D eigenvalue weighted by molar-refractivity contribution is 6.30. The van der Waals surface area contributed by atoms with E-state index in [1.54, 1.807) is 24.3 Å². The molecular formula is C17H18ClNO4. The summed E-state index contributed by atoms with van der Waals surface area (Å²) < 4.78 is 10.6. The molecule has 0 radical (unpaired) electrons. The summed E-state index contributed by atoms with van der Waals surface area (Å²) in [5.74, 6) is -0.0810. The Balaban J connectivity index is 2.00. The lowest BCUT2D eigenvalue weighted by Crippen LogP contribution is -2.28. The normalized spacial score (nSPS) is 10.6. The number of benzene rings is 1. The maximum atomic E-state index is 12.0. The highest BCUT2D eigenvalue weighted by Crippen LogP contribution is 2.12. The molecule has 0 unspecified atom stereocenters. The second-order valence-electron chi connectivity index (χ2n) is 5.49. The molecule has 0 aliphatic heterocycles. The van der Waals surface area contributed by atoms with Crippen LogP contribution in [0.4, 0.5) is 0 Å². The van der Waals surface area contributed by atoms with E-state index in [0.29, 0.717) is 17.5 Å². The minimum absolute atomic E-state index is 0.0329. The molecule has 1 N–H and O–H groups in total. The quantitative estimate of drug-likeness (QED) is 0.879. The van der Waals surface area contributed by atoms with Crippen molar-refractivity contribution in [2.75, 3.05) is 6.54 Å². The van der Waals surface area contributed by atoms with Crippen LogP contribution in [0, 0.1) is 5.92 Å². The van der Waals surface area contributed by atoms with Gasteiger partial charge in [-0.1, -0.05) is 37.6 Å². The van der Waals surface area contributed by atoms with Gasteiger partial charge in [-0.15, -0.1) is 0 Å². The predicted octanol–water partition coefficient (Wildman–Crippen LogP) is 3.26. The standard InChI is InChI=1S/C17H18ClNO4/c1-11(2)8-19-17(21)15-7-14(20)16(10-23-15)22-9-12-3-5-13(18)6-4-12/h3-7,10-11H,8-9H2,1-2H3,(H,19,21). The lowest BCUT2D eigenvalue weighted by Gasteiger charge is -2.08. The third-order valence-corrected chi connectivity index (χ3v) is 3.25. The monoisotopic (exact) mass is 335 g/mol. The van der Waals surface area contributed by atoms with Gasteiger partial charge in [-0.2, -0.15) is 0 Å². The first-order chi connectivity index (χ1) is 11.0. The third-order valence-electron chi connectivity index (χ3n) is 3.00. The van der Waals surface area contributed by atoms with Crippen LogP contribution >= 0.6 is 11.6 Å². The van der Waals surface area contributed by atoms with Gasteiger partial charge < -0.3 is 14.5 Å². The van der Waals surface area contributed by atoms with Crippen molar-refractivity contribution in [3.8, 4) is 5.75 Å². The summed E-state index contributed by atoms with van der Waals surface area (Å²) in [4.78, 5) is 23.8. The van der Waals surface area contributed by atoms with E-state index in [2.05, 4.69) is 5.32 Å². The van der Waals surface area contributed by atoms with Crippen LogP contribution in [0.3, 0.4) is 0 Å². The second-order valence-corrected chi connectivity index (χ2v) is 5.93. The summed E-state index contributed by atoms with van der Waals surface area (Å²) >= 11 is 5.80. The molecule has 0 saturated heterocycles. The zero-order chi connectivity index (χ0) is 16.8. The molecule has 2 rings (SSSR count). The lowest BCUT2D eigenvalue weighted by molar-refractivity contribution is 0.0917. The fourth-order valence-electron chi connectivity index (χ4n) is 1.75. The van der Waals surface area contributed by atoms with Crippen LogP contribution in [-0.2, 0) is 6.61 Å². The van der Waals surface area contributed by atoms with Crippen LogP contribution in [0.1, 0.15) is 30.0 Å². The SMILES string of the molecule is CC(C)CNC(=O)c1cc(=O)c(OCc2ccc(Cl)cc2)co1. The van der Waals surface area contributed by atoms with Gasteiger partial charge in [0.25, 0.3) is 5.91 Å². The fourth-order valence-corrected chi connectivity index (χ4v) is 1.88. The molecule has 2 aromatic rings. The first kappa shape index (κ1) is 17.1. The van der Waals surface area contributed by atoms with Crippen molar-refractivity contribution in [3.63, 3.8) is 0 Å². The van der Waals surface area contributed by atoms with Crippen molar-refractivity contribution in [2.24, 2.45) is 5.92 Å². The summed E-state index contributed by atoms with van der Waals surface area (Å²) in [6, 6.07) is 8.22. The van der Waals surface area contributed by atoms with Gasteiger partial charge in [0.15, 0.2) is 5.76 Å². The molecule has 0 saturated carbocycles. The molecule has 0 bridgehead atoms. The highest BCUT2D eigenvalue weighted by atomic mass is 35.5. The Labute approximate surface area is 139 Å². The van der Waals surface area contributed by atoms with Gasteiger partial charge in [0, 0.05) is 17.6 Å². The first-order valence-electron chi connectivity index (χ1n) is 7.24. The lowest BCUT2D eigenvalue weighted by atomic mass is 10.2. The van der Waals surface area contributed by atoms with E-state index in [0.717, 1.165) is 17.9 Å². The Morgan fingerprint density at radius 2 is 2.00 bits per heavy atom. The number of carbonyl (C=O) groups is 1. The van der Waals surface area contributed by atoms with E-state index < -0.39 is 11.3 Å². The van der Waals surface area contributed by atoms with Crippen molar-refractivity contribution in [1.82, 2.24) is 5.32 Å². The van der Waals surface area contributed by atoms with Gasteiger partial charge in [-0.25, -0.2) is 0 Å². The Bertz CT molecular complexity index is 722. The average Bonchev–Trinajstić information content (AvgIpc) is 2.53. The maximum absolute atomic E-state index is 12.0. The Morgan fingerprint density at radius 1 is 1.30 bits per heavy atom. The Morgan fingerprint density at radius 3 is 2.61 bits per heavy atom. The fraction of sp³-hybridized carbons (Fsp3) is 0.294. The third kappa shape index (κ3) is 5.14. The molecule has 1 amide bonds. The van der Waals surface area contributed by atoms with Gasteiger partial charge in [-0.3, -0.25) is 9.59 Å². The smallest absolute Gasteiger partial charge is 0.287 e. The minimum Gasteiger partial charge on any atom is -0.482 e. The Hall–Kier alpha value is -2.27. The van der Waals surface area contributed by atoms with Crippen LogP contribution in [-0.4, -0.2) is 12.5 Å². The molecule has 23 heavy (non-hydrogen) atoms. The van der Waals surface area contributed by atoms with Crippen molar-refractivity contribution >= 4 is 17.5 Å². The maximum Gasteiger partial charge on any atom is 0.287 e. The molecule has 0 atom stereocenters. The van der Waals surface area contributed by atoms with Crippen LogP contribution in [0.15, 0.2) is 45.8 Å². The number of carbonyl (C=O) groups excluding carboxylic acids is 1. The second kappa shape index (κ2) is 7.83. The van der Waals surface area contributed by atoms with Crippen LogP contribution in [0.5, 0.6) is 5.75 Å². The van der Waals surface area contributed by atoms with Gasteiger partial charge in [0.2, 0.25) is 11.2 Å². The molecule has 0 fully saturated rings. The number of rotatable bonds is 6.